The Morgan fingerprint density at radius 1 is 1.00 bits per heavy atom. The number of carbonyl (C=O) groups excluding carboxylic acids is 2. The molecule has 34 heavy (non-hydrogen) atoms. The lowest BCUT2D eigenvalue weighted by atomic mass is 10.1. The number of furan rings is 1. The second-order valence-electron chi connectivity index (χ2n) is 8.81. The molecule has 1 aromatic carbocycles. The van der Waals surface area contributed by atoms with Gasteiger partial charge in [-0.05, 0) is 42.2 Å². The largest absolute Gasteiger partial charge is 0.459 e. The van der Waals surface area contributed by atoms with Gasteiger partial charge < -0.3 is 23.5 Å². The third-order valence-corrected chi connectivity index (χ3v) is 5.71. The Hall–Kier alpha value is -3.32. The zero-order valence-corrected chi connectivity index (χ0v) is 20.4. The van der Waals surface area contributed by atoms with E-state index in [9.17, 15) is 9.59 Å². The Labute approximate surface area is 201 Å². The van der Waals surface area contributed by atoms with Crippen LogP contribution in [0.5, 0.6) is 0 Å². The van der Waals surface area contributed by atoms with Crippen molar-refractivity contribution in [3.8, 4) is 0 Å². The summed E-state index contributed by atoms with van der Waals surface area (Å²) in [6.45, 7) is 6.72. The van der Waals surface area contributed by atoms with Crippen LogP contribution >= 0.6 is 0 Å². The highest BCUT2D eigenvalue weighted by Crippen LogP contribution is 2.13. The summed E-state index contributed by atoms with van der Waals surface area (Å²) in [5.41, 5.74) is 2.22. The van der Waals surface area contributed by atoms with Crippen molar-refractivity contribution >= 4 is 11.8 Å². The van der Waals surface area contributed by atoms with Crippen molar-refractivity contribution < 1.29 is 18.7 Å². The molecule has 0 N–H and O–H groups in total. The minimum Gasteiger partial charge on any atom is -0.459 e. The Morgan fingerprint density at radius 2 is 1.79 bits per heavy atom. The Morgan fingerprint density at radius 3 is 2.47 bits per heavy atom. The van der Waals surface area contributed by atoms with Gasteiger partial charge in [0, 0.05) is 38.6 Å². The van der Waals surface area contributed by atoms with Crippen molar-refractivity contribution in [1.82, 2.24) is 14.4 Å². The number of nitrogens with zero attached hydrogens (tertiary/aromatic N) is 3. The van der Waals surface area contributed by atoms with Gasteiger partial charge in [-0.15, -0.1) is 0 Å². The number of ether oxygens (including phenoxy) is 1. The van der Waals surface area contributed by atoms with E-state index in [0.717, 1.165) is 18.7 Å². The van der Waals surface area contributed by atoms with Gasteiger partial charge in [-0.2, -0.15) is 0 Å². The van der Waals surface area contributed by atoms with E-state index in [-0.39, 0.29) is 24.1 Å². The summed E-state index contributed by atoms with van der Waals surface area (Å²) in [5, 5.41) is 0. The van der Waals surface area contributed by atoms with Gasteiger partial charge in [-0.3, -0.25) is 9.59 Å². The molecule has 0 aliphatic rings. The van der Waals surface area contributed by atoms with Crippen molar-refractivity contribution in [2.24, 2.45) is 5.92 Å². The molecule has 0 radical (unpaired) electrons. The normalized spacial score (nSPS) is 11.1. The van der Waals surface area contributed by atoms with Crippen LogP contribution in [0.25, 0.3) is 0 Å². The van der Waals surface area contributed by atoms with Crippen molar-refractivity contribution in [1.29, 1.82) is 0 Å². The van der Waals surface area contributed by atoms with Crippen molar-refractivity contribution in [2.45, 2.75) is 33.4 Å². The first-order chi connectivity index (χ1) is 16.5. The van der Waals surface area contributed by atoms with Crippen LogP contribution in [0.4, 0.5) is 0 Å². The van der Waals surface area contributed by atoms with Gasteiger partial charge in [-0.25, -0.2) is 0 Å². The van der Waals surface area contributed by atoms with E-state index >= 15 is 0 Å². The van der Waals surface area contributed by atoms with E-state index in [2.05, 4.69) is 30.5 Å². The molecule has 2 amide bonds. The van der Waals surface area contributed by atoms with Gasteiger partial charge >= 0.3 is 0 Å². The minimum absolute atomic E-state index is 0.00460. The second kappa shape index (κ2) is 12.8. The molecule has 182 valence electrons. The molecule has 0 spiro atoms. The Balaban J connectivity index is 1.74. The highest BCUT2D eigenvalue weighted by Gasteiger charge is 2.24. The minimum atomic E-state index is -0.266. The van der Waals surface area contributed by atoms with E-state index in [4.69, 9.17) is 9.15 Å². The monoisotopic (exact) mass is 465 g/mol. The van der Waals surface area contributed by atoms with Crippen LogP contribution in [0.2, 0.25) is 0 Å². The fourth-order valence-electron chi connectivity index (χ4n) is 3.70. The predicted molar refractivity (Wildman–Crippen MR) is 131 cm³/mol. The van der Waals surface area contributed by atoms with Crippen LogP contribution in [0, 0.1) is 5.92 Å². The summed E-state index contributed by atoms with van der Waals surface area (Å²) in [7, 11) is 1.62. The number of benzene rings is 1. The smallest absolute Gasteiger partial charge is 0.290 e. The topological polar surface area (TPSA) is 67.9 Å². The third-order valence-electron chi connectivity index (χ3n) is 5.71. The van der Waals surface area contributed by atoms with Gasteiger partial charge in [0.1, 0.15) is 6.54 Å². The molecule has 7 nitrogen and oxygen atoms in total. The fraction of sp³-hybridized carbons (Fsp3) is 0.407. The summed E-state index contributed by atoms with van der Waals surface area (Å²) in [4.78, 5) is 29.8. The molecule has 3 aromatic rings. The molecule has 0 saturated heterocycles. The molecule has 2 aromatic heterocycles. The van der Waals surface area contributed by atoms with Crippen LogP contribution in [0.1, 0.15) is 42.1 Å². The average molecular weight is 466 g/mol. The number of amides is 2. The van der Waals surface area contributed by atoms with Gasteiger partial charge in [-0.1, -0.05) is 44.2 Å². The highest BCUT2D eigenvalue weighted by molar-refractivity contribution is 5.94. The summed E-state index contributed by atoms with van der Waals surface area (Å²) >= 11 is 0. The highest BCUT2D eigenvalue weighted by atomic mass is 16.5. The third kappa shape index (κ3) is 7.35. The molecular weight excluding hydrogens is 430 g/mol. The molecule has 2 heterocycles. The predicted octanol–water partition coefficient (Wildman–Crippen LogP) is 4.29. The number of hydrogen-bond donors (Lipinski definition) is 0. The van der Waals surface area contributed by atoms with E-state index in [1.54, 1.807) is 29.0 Å². The van der Waals surface area contributed by atoms with E-state index in [1.807, 2.05) is 36.5 Å². The zero-order valence-electron chi connectivity index (χ0n) is 20.4. The molecule has 0 aliphatic carbocycles. The second-order valence-corrected chi connectivity index (χ2v) is 8.81. The maximum atomic E-state index is 13.4. The molecule has 0 unspecified atom stereocenters. The van der Waals surface area contributed by atoms with Gasteiger partial charge in [0.2, 0.25) is 5.91 Å². The van der Waals surface area contributed by atoms with E-state index in [1.165, 1.54) is 11.8 Å². The number of aromatic nitrogens is 1. The number of methoxy groups -OCH3 is 1. The van der Waals surface area contributed by atoms with Crippen molar-refractivity contribution in [2.75, 3.05) is 33.4 Å². The molecule has 0 fully saturated rings. The van der Waals surface area contributed by atoms with Crippen molar-refractivity contribution in [3.63, 3.8) is 0 Å². The Kier molecular flexibility index (Phi) is 9.52. The van der Waals surface area contributed by atoms with Crippen LogP contribution in [-0.4, -0.2) is 59.5 Å². The molecule has 7 heteroatoms. The number of hydrogen-bond acceptors (Lipinski definition) is 4. The number of rotatable bonds is 13. The molecular formula is C27H35N3O4. The summed E-state index contributed by atoms with van der Waals surface area (Å²) < 4.78 is 12.7. The van der Waals surface area contributed by atoms with E-state index < -0.39 is 0 Å². The lowest BCUT2D eigenvalue weighted by molar-refractivity contribution is -0.133. The lowest BCUT2D eigenvalue weighted by Crippen LogP contribution is -2.44. The maximum absolute atomic E-state index is 13.4. The maximum Gasteiger partial charge on any atom is 0.290 e. The van der Waals surface area contributed by atoms with Gasteiger partial charge in [0.15, 0.2) is 5.76 Å². The zero-order chi connectivity index (χ0) is 24.3. The van der Waals surface area contributed by atoms with Gasteiger partial charge in [0.05, 0.1) is 19.4 Å². The van der Waals surface area contributed by atoms with Crippen LogP contribution < -0.4 is 0 Å². The standard InChI is InChI=1S/C27H35N3O4/c1-22(2)13-15-30(27(32)25-12-8-17-34-25)21-26(31)29(16-18-33-3)20-24-11-7-14-28(24)19-23-9-5-4-6-10-23/h4-12,14,17,22H,13,15-16,18-21H2,1-3H3. The van der Waals surface area contributed by atoms with Crippen LogP contribution in [0.3, 0.4) is 0 Å². The van der Waals surface area contributed by atoms with E-state index in [0.29, 0.717) is 32.2 Å². The average Bonchev–Trinajstić information content (AvgIpc) is 3.52. The molecule has 0 saturated carbocycles. The van der Waals surface area contributed by atoms with Crippen LogP contribution in [0.15, 0.2) is 71.5 Å². The first kappa shape index (κ1) is 25.3. The van der Waals surface area contributed by atoms with Crippen LogP contribution in [-0.2, 0) is 22.6 Å². The quantitative estimate of drug-likeness (QED) is 0.378. The number of carbonyl (C=O) groups is 2. The molecule has 0 atom stereocenters. The molecule has 0 aliphatic heterocycles. The summed E-state index contributed by atoms with van der Waals surface area (Å²) in [5.74, 6) is 0.274. The first-order valence-electron chi connectivity index (χ1n) is 11.8. The lowest BCUT2D eigenvalue weighted by Gasteiger charge is -2.28. The Bertz CT molecular complexity index is 1010. The van der Waals surface area contributed by atoms with Crippen molar-refractivity contribution in [3.05, 3.63) is 84.1 Å². The SMILES string of the molecule is COCCN(Cc1cccn1Cc1ccccc1)C(=O)CN(CCC(C)C)C(=O)c1ccco1. The summed E-state index contributed by atoms with van der Waals surface area (Å²) in [6.07, 6.45) is 4.30. The summed E-state index contributed by atoms with van der Waals surface area (Å²) in [6, 6.07) is 17.6. The van der Waals surface area contributed by atoms with Gasteiger partial charge in [0.25, 0.3) is 5.91 Å². The first-order valence-corrected chi connectivity index (χ1v) is 11.8. The fourth-order valence-corrected chi connectivity index (χ4v) is 3.70. The molecule has 3 rings (SSSR count). The molecule has 0 bridgehead atoms.